The smallest absolute Gasteiger partial charge is 0.115 e. The molecule has 3 aromatic rings. The first kappa shape index (κ1) is 8.11. The zero-order chi connectivity index (χ0) is 10.1. The van der Waals surface area contributed by atoms with Crippen LogP contribution in [0.15, 0.2) is 43.1 Å². The molecule has 72 valence electrons. The van der Waals surface area contributed by atoms with Gasteiger partial charge < -0.3 is 0 Å². The molecule has 1 aromatic carbocycles. The van der Waals surface area contributed by atoms with E-state index in [0.717, 1.165) is 22.0 Å². The Labute approximate surface area is 86.0 Å². The molecule has 0 aliphatic rings. The Morgan fingerprint density at radius 3 is 2.73 bits per heavy atom. The second-order valence-corrected chi connectivity index (χ2v) is 3.26. The van der Waals surface area contributed by atoms with Gasteiger partial charge in [-0.1, -0.05) is 12.1 Å². The predicted octanol–water partition coefficient (Wildman–Crippen LogP) is 2.02. The van der Waals surface area contributed by atoms with E-state index in [4.69, 9.17) is 0 Å². The van der Waals surface area contributed by atoms with E-state index in [9.17, 15) is 0 Å². The highest BCUT2D eigenvalue weighted by atomic mass is 15.1. The lowest BCUT2D eigenvalue weighted by Crippen LogP contribution is -1.82. The van der Waals surface area contributed by atoms with Crippen LogP contribution in [0.2, 0.25) is 0 Å². The summed E-state index contributed by atoms with van der Waals surface area (Å²) in [7, 11) is 0. The normalized spacial score (nSPS) is 10.7. The highest BCUT2D eigenvalue weighted by Crippen LogP contribution is 2.25. The molecule has 0 saturated carbocycles. The topological polar surface area (TPSA) is 54.5 Å². The number of aromatic amines is 1. The third-order valence-electron chi connectivity index (χ3n) is 2.36. The monoisotopic (exact) mass is 196 g/mol. The van der Waals surface area contributed by atoms with Crippen molar-refractivity contribution in [2.75, 3.05) is 0 Å². The number of fused-ring (bicyclic) bond motifs is 1. The molecule has 0 fully saturated rings. The lowest BCUT2D eigenvalue weighted by Gasteiger charge is -2.00. The Balaban J connectivity index is 2.31. The maximum atomic E-state index is 4.02. The Morgan fingerprint density at radius 1 is 1.00 bits per heavy atom. The SMILES string of the molecule is c1cc(-c2cncnc2)c2cn[nH]c2c1. The Bertz CT molecular complexity index is 586. The molecule has 3 rings (SSSR count). The van der Waals surface area contributed by atoms with Crippen molar-refractivity contribution in [2.45, 2.75) is 0 Å². The summed E-state index contributed by atoms with van der Waals surface area (Å²) in [5.74, 6) is 0. The lowest BCUT2D eigenvalue weighted by molar-refractivity contribution is 1.12. The van der Waals surface area contributed by atoms with Crippen LogP contribution < -0.4 is 0 Å². The van der Waals surface area contributed by atoms with Crippen molar-refractivity contribution in [1.29, 1.82) is 0 Å². The van der Waals surface area contributed by atoms with Gasteiger partial charge in [0.1, 0.15) is 6.33 Å². The Morgan fingerprint density at radius 2 is 1.87 bits per heavy atom. The van der Waals surface area contributed by atoms with Crippen molar-refractivity contribution in [3.63, 3.8) is 0 Å². The molecule has 1 N–H and O–H groups in total. The van der Waals surface area contributed by atoms with Gasteiger partial charge in [-0.05, 0) is 11.6 Å². The van der Waals surface area contributed by atoms with Crippen LogP contribution in [0.1, 0.15) is 0 Å². The molecule has 0 radical (unpaired) electrons. The Hall–Kier alpha value is -2.23. The molecular formula is C11H8N4. The first-order valence-electron chi connectivity index (χ1n) is 4.62. The van der Waals surface area contributed by atoms with Gasteiger partial charge in [-0.25, -0.2) is 9.97 Å². The third kappa shape index (κ3) is 1.27. The summed E-state index contributed by atoms with van der Waals surface area (Å²) in [6.45, 7) is 0. The van der Waals surface area contributed by atoms with Crippen LogP contribution in [0.3, 0.4) is 0 Å². The summed E-state index contributed by atoms with van der Waals surface area (Å²) >= 11 is 0. The van der Waals surface area contributed by atoms with E-state index < -0.39 is 0 Å². The first-order valence-corrected chi connectivity index (χ1v) is 4.62. The van der Waals surface area contributed by atoms with Gasteiger partial charge in [0.2, 0.25) is 0 Å². The van der Waals surface area contributed by atoms with Crippen LogP contribution in [-0.2, 0) is 0 Å². The van der Waals surface area contributed by atoms with Gasteiger partial charge in [-0.2, -0.15) is 5.10 Å². The van der Waals surface area contributed by atoms with E-state index in [1.54, 1.807) is 12.4 Å². The van der Waals surface area contributed by atoms with Gasteiger partial charge in [-0.3, -0.25) is 5.10 Å². The molecule has 0 aliphatic carbocycles. The minimum atomic E-state index is 1.00. The molecule has 0 saturated heterocycles. The Kier molecular flexibility index (Phi) is 1.71. The fourth-order valence-corrected chi connectivity index (χ4v) is 1.66. The van der Waals surface area contributed by atoms with Gasteiger partial charge in [0, 0.05) is 23.3 Å². The second kappa shape index (κ2) is 3.16. The van der Waals surface area contributed by atoms with E-state index in [-0.39, 0.29) is 0 Å². The maximum Gasteiger partial charge on any atom is 0.115 e. The molecule has 4 nitrogen and oxygen atoms in total. The molecule has 4 heteroatoms. The van der Waals surface area contributed by atoms with Crippen molar-refractivity contribution >= 4 is 10.9 Å². The number of hydrogen-bond acceptors (Lipinski definition) is 3. The van der Waals surface area contributed by atoms with Gasteiger partial charge in [-0.15, -0.1) is 0 Å². The fraction of sp³-hybridized carbons (Fsp3) is 0. The largest absolute Gasteiger partial charge is 0.278 e. The standard InChI is InChI=1S/C11H8N4/c1-2-9(8-4-12-7-13-5-8)10-6-14-15-11(10)3-1/h1-7H,(H,14,15). The van der Waals surface area contributed by atoms with Crippen molar-refractivity contribution in [3.8, 4) is 11.1 Å². The number of H-pyrrole nitrogens is 1. The minimum absolute atomic E-state index is 1.00. The number of aromatic nitrogens is 4. The van der Waals surface area contributed by atoms with Crippen LogP contribution in [0.25, 0.3) is 22.0 Å². The van der Waals surface area contributed by atoms with Crippen LogP contribution in [0, 0.1) is 0 Å². The summed E-state index contributed by atoms with van der Waals surface area (Å²) in [5, 5.41) is 8.05. The first-order chi connectivity index (χ1) is 7.45. The highest BCUT2D eigenvalue weighted by Gasteiger charge is 2.04. The van der Waals surface area contributed by atoms with Gasteiger partial charge in [0.15, 0.2) is 0 Å². The van der Waals surface area contributed by atoms with Crippen molar-refractivity contribution < 1.29 is 0 Å². The fourth-order valence-electron chi connectivity index (χ4n) is 1.66. The molecule has 0 aliphatic heterocycles. The minimum Gasteiger partial charge on any atom is -0.278 e. The van der Waals surface area contributed by atoms with E-state index in [0.29, 0.717) is 0 Å². The molecule has 0 amide bonds. The molecular weight excluding hydrogens is 188 g/mol. The summed E-state index contributed by atoms with van der Waals surface area (Å²) < 4.78 is 0. The zero-order valence-corrected chi connectivity index (χ0v) is 7.88. The quantitative estimate of drug-likeness (QED) is 0.647. The summed E-state index contributed by atoms with van der Waals surface area (Å²) in [5.41, 5.74) is 3.13. The average Bonchev–Trinajstić information content (AvgIpc) is 2.78. The van der Waals surface area contributed by atoms with Gasteiger partial charge in [0.05, 0.1) is 11.7 Å². The number of rotatable bonds is 1. The molecule has 0 atom stereocenters. The number of hydrogen-bond donors (Lipinski definition) is 1. The van der Waals surface area contributed by atoms with Crippen molar-refractivity contribution in [2.24, 2.45) is 0 Å². The van der Waals surface area contributed by atoms with Gasteiger partial charge >= 0.3 is 0 Å². The number of nitrogens with one attached hydrogen (secondary N) is 1. The molecule has 2 heterocycles. The molecule has 0 bridgehead atoms. The van der Waals surface area contributed by atoms with Crippen LogP contribution in [0.4, 0.5) is 0 Å². The average molecular weight is 196 g/mol. The lowest BCUT2D eigenvalue weighted by atomic mass is 10.1. The molecule has 2 aromatic heterocycles. The van der Waals surface area contributed by atoms with E-state index in [1.165, 1.54) is 6.33 Å². The summed E-state index contributed by atoms with van der Waals surface area (Å²) in [4.78, 5) is 8.02. The van der Waals surface area contributed by atoms with Crippen LogP contribution in [-0.4, -0.2) is 20.2 Å². The molecule has 0 spiro atoms. The van der Waals surface area contributed by atoms with Crippen LogP contribution >= 0.6 is 0 Å². The highest BCUT2D eigenvalue weighted by molar-refractivity contribution is 5.93. The van der Waals surface area contributed by atoms with Crippen LogP contribution in [0.5, 0.6) is 0 Å². The van der Waals surface area contributed by atoms with Crippen molar-refractivity contribution in [3.05, 3.63) is 43.1 Å². The number of nitrogens with zero attached hydrogens (tertiary/aromatic N) is 3. The third-order valence-corrected chi connectivity index (χ3v) is 2.36. The van der Waals surface area contributed by atoms with Crippen molar-refractivity contribution in [1.82, 2.24) is 20.2 Å². The van der Waals surface area contributed by atoms with E-state index in [2.05, 4.69) is 20.2 Å². The number of benzene rings is 1. The van der Waals surface area contributed by atoms with Gasteiger partial charge in [0.25, 0.3) is 0 Å². The molecule has 0 unspecified atom stereocenters. The molecule has 15 heavy (non-hydrogen) atoms. The summed E-state index contributed by atoms with van der Waals surface area (Å²) in [6, 6.07) is 6.02. The zero-order valence-electron chi connectivity index (χ0n) is 7.88. The maximum absolute atomic E-state index is 4.02. The van der Waals surface area contributed by atoms with E-state index >= 15 is 0 Å². The predicted molar refractivity (Wildman–Crippen MR) is 57.1 cm³/mol. The second-order valence-electron chi connectivity index (χ2n) is 3.26. The summed E-state index contributed by atoms with van der Waals surface area (Å²) in [6.07, 6.45) is 6.94. The van der Waals surface area contributed by atoms with E-state index in [1.807, 2.05) is 24.4 Å².